The summed E-state index contributed by atoms with van der Waals surface area (Å²) in [5, 5.41) is 0. The Morgan fingerprint density at radius 3 is 2.00 bits per heavy atom. The molecule has 0 heterocycles. The van der Waals surface area contributed by atoms with Crippen molar-refractivity contribution in [2.75, 3.05) is 0 Å². The first-order chi connectivity index (χ1) is 10.3. The first-order valence-corrected chi connectivity index (χ1v) is 7.85. The van der Waals surface area contributed by atoms with Crippen molar-refractivity contribution in [1.82, 2.24) is 0 Å². The van der Waals surface area contributed by atoms with Crippen LogP contribution >= 0.6 is 0 Å². The molecule has 0 aromatic heterocycles. The molecule has 0 aliphatic carbocycles. The number of aryl methyl sites for hydroxylation is 1. The van der Waals surface area contributed by atoms with E-state index in [1.807, 2.05) is 6.92 Å². The molecule has 0 amide bonds. The highest BCUT2D eigenvalue weighted by atomic mass is 19.1. The lowest BCUT2D eigenvalue weighted by Gasteiger charge is -2.20. The van der Waals surface area contributed by atoms with Gasteiger partial charge in [0.2, 0.25) is 0 Å². The topological polar surface area (TPSA) is 0 Å². The summed E-state index contributed by atoms with van der Waals surface area (Å²) in [5.41, 5.74) is 5.23. The maximum atomic E-state index is 13.9. The van der Waals surface area contributed by atoms with Gasteiger partial charge >= 0.3 is 0 Å². The fraction of sp³-hybridized carbons (Fsp3) is 0.400. The SMILES string of the molecule is Cc1ccc(CC(C)c2c(F)cccc2F)c(C)c1C(C)C. The highest BCUT2D eigenvalue weighted by molar-refractivity contribution is 5.42. The summed E-state index contributed by atoms with van der Waals surface area (Å²) < 4.78 is 27.9. The second-order valence-electron chi connectivity index (χ2n) is 6.48. The van der Waals surface area contributed by atoms with Gasteiger partial charge in [0.25, 0.3) is 0 Å². The van der Waals surface area contributed by atoms with Gasteiger partial charge in [-0.15, -0.1) is 0 Å². The molecule has 2 rings (SSSR count). The van der Waals surface area contributed by atoms with Crippen molar-refractivity contribution in [3.8, 4) is 0 Å². The molecular formula is C20H24F2. The van der Waals surface area contributed by atoms with Gasteiger partial charge in [-0.05, 0) is 66.5 Å². The van der Waals surface area contributed by atoms with Crippen LogP contribution in [0, 0.1) is 25.5 Å². The average Bonchev–Trinajstić information content (AvgIpc) is 2.41. The molecular weight excluding hydrogens is 278 g/mol. The molecule has 0 saturated heterocycles. The lowest BCUT2D eigenvalue weighted by atomic mass is 9.85. The minimum atomic E-state index is -0.457. The predicted octanol–water partition coefficient (Wildman–Crippen LogP) is 6.05. The lowest BCUT2D eigenvalue weighted by Crippen LogP contribution is -2.07. The average molecular weight is 302 g/mol. The zero-order valence-corrected chi connectivity index (χ0v) is 14.0. The molecule has 1 unspecified atom stereocenters. The Labute approximate surface area is 132 Å². The maximum absolute atomic E-state index is 13.9. The predicted molar refractivity (Wildman–Crippen MR) is 88.5 cm³/mol. The van der Waals surface area contributed by atoms with E-state index in [9.17, 15) is 8.78 Å². The first kappa shape index (κ1) is 16.7. The molecule has 0 bridgehead atoms. The van der Waals surface area contributed by atoms with Gasteiger partial charge in [-0.25, -0.2) is 8.78 Å². The van der Waals surface area contributed by atoms with Crippen LogP contribution in [-0.2, 0) is 6.42 Å². The van der Waals surface area contributed by atoms with E-state index < -0.39 is 11.6 Å². The molecule has 2 aromatic carbocycles. The molecule has 0 aliphatic heterocycles. The number of hydrogen-bond acceptors (Lipinski definition) is 0. The van der Waals surface area contributed by atoms with Crippen molar-refractivity contribution in [1.29, 1.82) is 0 Å². The van der Waals surface area contributed by atoms with Crippen molar-refractivity contribution in [2.45, 2.75) is 52.9 Å². The Morgan fingerprint density at radius 2 is 1.45 bits per heavy atom. The van der Waals surface area contributed by atoms with Crippen LogP contribution in [-0.4, -0.2) is 0 Å². The van der Waals surface area contributed by atoms with Crippen LogP contribution in [0.2, 0.25) is 0 Å². The number of hydrogen-bond donors (Lipinski definition) is 0. The summed E-state index contributed by atoms with van der Waals surface area (Å²) in [6.07, 6.45) is 0.643. The number of benzene rings is 2. The van der Waals surface area contributed by atoms with Gasteiger partial charge in [0.15, 0.2) is 0 Å². The molecule has 1 atom stereocenters. The van der Waals surface area contributed by atoms with Crippen LogP contribution < -0.4 is 0 Å². The summed E-state index contributed by atoms with van der Waals surface area (Å²) in [7, 11) is 0. The van der Waals surface area contributed by atoms with E-state index >= 15 is 0 Å². The monoisotopic (exact) mass is 302 g/mol. The fourth-order valence-corrected chi connectivity index (χ4v) is 3.43. The lowest BCUT2D eigenvalue weighted by molar-refractivity contribution is 0.531. The Hall–Kier alpha value is -1.70. The first-order valence-electron chi connectivity index (χ1n) is 7.85. The summed E-state index contributed by atoms with van der Waals surface area (Å²) in [4.78, 5) is 0. The van der Waals surface area contributed by atoms with Crippen LogP contribution in [0.5, 0.6) is 0 Å². The Morgan fingerprint density at radius 1 is 0.864 bits per heavy atom. The van der Waals surface area contributed by atoms with Crippen molar-refractivity contribution < 1.29 is 8.78 Å². The minimum absolute atomic E-state index is 0.188. The molecule has 0 N–H and O–H groups in total. The fourth-order valence-electron chi connectivity index (χ4n) is 3.43. The summed E-state index contributed by atoms with van der Waals surface area (Å²) >= 11 is 0. The quantitative estimate of drug-likeness (QED) is 0.644. The summed E-state index contributed by atoms with van der Waals surface area (Å²) in [5.74, 6) is -0.661. The van der Waals surface area contributed by atoms with E-state index in [1.54, 1.807) is 0 Å². The van der Waals surface area contributed by atoms with Crippen LogP contribution in [0.1, 0.15) is 60.4 Å². The zero-order chi connectivity index (χ0) is 16.4. The molecule has 0 aliphatic rings. The van der Waals surface area contributed by atoms with Crippen molar-refractivity contribution in [3.05, 3.63) is 69.8 Å². The van der Waals surface area contributed by atoms with Crippen LogP contribution in [0.3, 0.4) is 0 Å². The third-order valence-electron chi connectivity index (χ3n) is 4.44. The van der Waals surface area contributed by atoms with Crippen molar-refractivity contribution in [3.63, 3.8) is 0 Å². The molecule has 0 nitrogen and oxygen atoms in total. The largest absolute Gasteiger partial charge is 0.207 e. The molecule has 0 radical (unpaired) electrons. The second kappa shape index (κ2) is 6.60. The minimum Gasteiger partial charge on any atom is -0.207 e. The van der Waals surface area contributed by atoms with E-state index in [4.69, 9.17) is 0 Å². The second-order valence-corrected chi connectivity index (χ2v) is 6.48. The molecule has 118 valence electrons. The van der Waals surface area contributed by atoms with Crippen LogP contribution in [0.4, 0.5) is 8.78 Å². The van der Waals surface area contributed by atoms with Crippen molar-refractivity contribution >= 4 is 0 Å². The normalized spacial score (nSPS) is 12.7. The summed E-state index contributed by atoms with van der Waals surface area (Å²) in [6.45, 7) is 10.5. The molecule has 0 fully saturated rings. The Kier molecular flexibility index (Phi) is 5.00. The maximum Gasteiger partial charge on any atom is 0.129 e. The molecule has 2 heteroatoms. The van der Waals surface area contributed by atoms with Gasteiger partial charge in [-0.1, -0.05) is 39.0 Å². The molecule has 22 heavy (non-hydrogen) atoms. The Bertz CT molecular complexity index is 651. The summed E-state index contributed by atoms with van der Waals surface area (Å²) in [6, 6.07) is 8.27. The van der Waals surface area contributed by atoms with Gasteiger partial charge in [0.05, 0.1) is 0 Å². The van der Waals surface area contributed by atoms with E-state index in [0.29, 0.717) is 12.3 Å². The van der Waals surface area contributed by atoms with E-state index in [2.05, 4.69) is 39.8 Å². The number of rotatable bonds is 4. The van der Waals surface area contributed by atoms with Crippen LogP contribution in [0.25, 0.3) is 0 Å². The van der Waals surface area contributed by atoms with Crippen molar-refractivity contribution in [2.24, 2.45) is 0 Å². The Balaban J connectivity index is 2.37. The van der Waals surface area contributed by atoms with Gasteiger partial charge in [0.1, 0.15) is 11.6 Å². The van der Waals surface area contributed by atoms with Gasteiger partial charge in [0, 0.05) is 5.56 Å². The third kappa shape index (κ3) is 3.21. The van der Waals surface area contributed by atoms with E-state index in [1.165, 1.54) is 40.5 Å². The highest BCUT2D eigenvalue weighted by Gasteiger charge is 2.18. The highest BCUT2D eigenvalue weighted by Crippen LogP contribution is 2.31. The standard InChI is InChI=1S/C20H24F2/c1-12(2)19-13(3)9-10-16(15(19)5)11-14(4)20-17(21)7-6-8-18(20)22/h6-10,12,14H,11H2,1-5H3. The molecule has 0 spiro atoms. The van der Waals surface area contributed by atoms with E-state index in [-0.39, 0.29) is 11.5 Å². The third-order valence-corrected chi connectivity index (χ3v) is 4.44. The molecule has 0 saturated carbocycles. The van der Waals surface area contributed by atoms with E-state index in [0.717, 1.165) is 0 Å². The molecule has 2 aromatic rings. The zero-order valence-electron chi connectivity index (χ0n) is 14.0. The number of halogens is 2. The van der Waals surface area contributed by atoms with Gasteiger partial charge in [-0.3, -0.25) is 0 Å². The van der Waals surface area contributed by atoms with Gasteiger partial charge in [-0.2, -0.15) is 0 Å². The van der Waals surface area contributed by atoms with Crippen LogP contribution in [0.15, 0.2) is 30.3 Å². The smallest absolute Gasteiger partial charge is 0.129 e. The van der Waals surface area contributed by atoms with Gasteiger partial charge < -0.3 is 0 Å².